The highest BCUT2D eigenvalue weighted by molar-refractivity contribution is 7.99. The SMILES string of the molecule is C=S1(=O)NC(=O)c2ccc3c(c2)N(C[C@@H]2CC[C@H]2[C@@](O)(CN2CCN(CCC)CC2=O)CCC[C@H](C)[C@H]1C)C[C@@]1(CCCc2cc(Cl)ccc21)CO3. The summed E-state index contributed by atoms with van der Waals surface area (Å²) in [6.45, 7) is 11.1. The molecule has 2 N–H and O–H groups in total. The molecule has 284 valence electrons. The summed E-state index contributed by atoms with van der Waals surface area (Å²) in [5.41, 5.74) is 2.45. The van der Waals surface area contributed by atoms with Gasteiger partial charge in [0.1, 0.15) is 5.75 Å². The predicted molar refractivity (Wildman–Crippen MR) is 210 cm³/mol. The number of ether oxygens (including phenoxy) is 1. The van der Waals surface area contributed by atoms with Crippen LogP contribution in [0.5, 0.6) is 5.75 Å². The van der Waals surface area contributed by atoms with Gasteiger partial charge < -0.3 is 19.6 Å². The Kier molecular flexibility index (Phi) is 10.7. The molecule has 1 spiro atoms. The van der Waals surface area contributed by atoms with Crippen LogP contribution in [-0.4, -0.2) is 100 Å². The Morgan fingerprint density at radius 3 is 2.65 bits per heavy atom. The fourth-order valence-electron chi connectivity index (χ4n) is 9.83. The number of hydrogen-bond donors (Lipinski definition) is 2. The second kappa shape index (κ2) is 14.8. The molecule has 0 radical (unpaired) electrons. The predicted octanol–water partition coefficient (Wildman–Crippen LogP) is 5.69. The van der Waals surface area contributed by atoms with Gasteiger partial charge in [-0.15, -0.1) is 0 Å². The number of halogens is 1. The molecule has 2 aliphatic carbocycles. The summed E-state index contributed by atoms with van der Waals surface area (Å²) in [5.74, 6) is 4.65. The van der Waals surface area contributed by atoms with E-state index in [2.05, 4.69) is 46.4 Å². The van der Waals surface area contributed by atoms with Crippen LogP contribution in [0, 0.1) is 17.8 Å². The minimum Gasteiger partial charge on any atom is -0.490 e. The zero-order valence-electron chi connectivity index (χ0n) is 31.2. The van der Waals surface area contributed by atoms with Gasteiger partial charge in [0.15, 0.2) is 0 Å². The molecule has 3 heterocycles. The average Bonchev–Trinajstić information content (AvgIpc) is 3.23. The van der Waals surface area contributed by atoms with Crippen LogP contribution in [0.25, 0.3) is 0 Å². The number of carbonyl (C=O) groups excluding carboxylic acids is 2. The molecule has 0 aromatic heterocycles. The molecule has 5 aliphatic rings. The van der Waals surface area contributed by atoms with Crippen molar-refractivity contribution in [1.29, 1.82) is 0 Å². The quantitative estimate of drug-likeness (QED) is 0.387. The van der Waals surface area contributed by atoms with Gasteiger partial charge in [-0.3, -0.25) is 19.2 Å². The van der Waals surface area contributed by atoms with Crippen molar-refractivity contribution in [3.05, 3.63) is 58.1 Å². The molecule has 3 aliphatic heterocycles. The van der Waals surface area contributed by atoms with E-state index in [1.807, 2.05) is 30.0 Å². The lowest BCUT2D eigenvalue weighted by Crippen LogP contribution is -2.60. The summed E-state index contributed by atoms with van der Waals surface area (Å²) in [6.07, 6.45) is 7.85. The number of carbonyl (C=O) groups is 2. The van der Waals surface area contributed by atoms with Gasteiger partial charge in [0, 0.05) is 54.0 Å². The lowest BCUT2D eigenvalue weighted by molar-refractivity contribution is -0.148. The number of benzene rings is 2. The third-order valence-corrected chi connectivity index (χ3v) is 15.6. The average molecular weight is 753 g/mol. The van der Waals surface area contributed by atoms with Crippen molar-refractivity contribution < 1.29 is 23.6 Å². The number of hydrogen-bond acceptors (Lipinski definition) is 7. The summed E-state index contributed by atoms with van der Waals surface area (Å²) >= 11 is 6.49. The Labute approximate surface area is 315 Å². The molecule has 2 aromatic rings. The first kappa shape index (κ1) is 37.5. The maximum atomic E-state index is 14.0. The van der Waals surface area contributed by atoms with Crippen molar-refractivity contribution >= 4 is 44.7 Å². The van der Waals surface area contributed by atoms with Crippen molar-refractivity contribution in [1.82, 2.24) is 14.5 Å². The molecule has 2 bridgehead atoms. The van der Waals surface area contributed by atoms with Gasteiger partial charge in [-0.1, -0.05) is 37.9 Å². The van der Waals surface area contributed by atoms with Crippen LogP contribution in [0.15, 0.2) is 36.4 Å². The maximum Gasteiger partial charge on any atom is 0.262 e. The summed E-state index contributed by atoms with van der Waals surface area (Å²) in [7, 11) is -2.99. The zero-order valence-corrected chi connectivity index (χ0v) is 32.8. The Balaban J connectivity index is 1.26. The number of nitrogens with zero attached hydrogens (tertiary/aromatic N) is 3. The van der Waals surface area contributed by atoms with E-state index in [0.717, 1.165) is 80.9 Å². The van der Waals surface area contributed by atoms with Crippen molar-refractivity contribution in [2.45, 2.75) is 94.8 Å². The number of aliphatic hydroxyl groups is 1. The summed E-state index contributed by atoms with van der Waals surface area (Å²) in [6, 6.07) is 11.8. The van der Waals surface area contributed by atoms with Crippen LogP contribution < -0.4 is 14.4 Å². The first-order valence-electron chi connectivity index (χ1n) is 19.5. The van der Waals surface area contributed by atoms with Crippen molar-refractivity contribution in [2.24, 2.45) is 17.8 Å². The third kappa shape index (κ3) is 7.34. The van der Waals surface area contributed by atoms with E-state index in [-0.39, 0.29) is 34.3 Å². The summed E-state index contributed by atoms with van der Waals surface area (Å²) < 4.78 is 23.5. The van der Waals surface area contributed by atoms with Crippen LogP contribution in [0.4, 0.5) is 5.69 Å². The van der Waals surface area contributed by atoms with Crippen LogP contribution in [0.1, 0.15) is 93.6 Å². The van der Waals surface area contributed by atoms with Gasteiger partial charge in [-0.25, -0.2) is 4.21 Å². The molecule has 2 aromatic carbocycles. The molecular weight excluding hydrogens is 696 g/mol. The number of piperazine rings is 1. The molecule has 2 amide bonds. The maximum absolute atomic E-state index is 14.0. The number of rotatable bonds is 4. The molecule has 9 nitrogen and oxygen atoms in total. The van der Waals surface area contributed by atoms with Crippen molar-refractivity contribution in [3.63, 3.8) is 0 Å². The van der Waals surface area contributed by atoms with Gasteiger partial charge in [0.25, 0.3) is 5.91 Å². The second-order valence-corrected chi connectivity index (χ2v) is 19.5. The molecule has 1 saturated carbocycles. The Morgan fingerprint density at radius 2 is 1.90 bits per heavy atom. The monoisotopic (exact) mass is 752 g/mol. The smallest absolute Gasteiger partial charge is 0.262 e. The number of amides is 2. The van der Waals surface area contributed by atoms with Crippen molar-refractivity contribution in [3.8, 4) is 5.75 Å². The lowest BCUT2D eigenvalue weighted by atomic mass is 9.62. The normalized spacial score (nSPS) is 34.4. The molecule has 52 heavy (non-hydrogen) atoms. The molecule has 1 saturated heterocycles. The molecule has 7 atom stereocenters. The van der Waals surface area contributed by atoms with E-state index in [1.54, 1.807) is 6.07 Å². The first-order chi connectivity index (χ1) is 24.8. The van der Waals surface area contributed by atoms with Gasteiger partial charge >= 0.3 is 0 Å². The van der Waals surface area contributed by atoms with Gasteiger partial charge in [-0.2, -0.15) is 0 Å². The minimum absolute atomic E-state index is 0.000701. The van der Waals surface area contributed by atoms with Crippen LogP contribution in [0.3, 0.4) is 0 Å². The fraction of sp³-hybridized carbons (Fsp3) is 0.634. The lowest BCUT2D eigenvalue weighted by Gasteiger charge is -2.52. The van der Waals surface area contributed by atoms with E-state index in [9.17, 15) is 18.9 Å². The number of fused-ring (bicyclic) bond motifs is 4. The van der Waals surface area contributed by atoms with Crippen molar-refractivity contribution in [2.75, 3.05) is 57.3 Å². The number of anilines is 1. The molecular formula is C41H57ClN4O5S. The number of nitrogens with one attached hydrogen (secondary N) is 1. The summed E-state index contributed by atoms with van der Waals surface area (Å²) in [4.78, 5) is 33.7. The number of β-amino-alcohol motifs (C(OH)–C–C–N with tert-alkyl or cyclic N) is 1. The largest absolute Gasteiger partial charge is 0.490 e. The molecule has 2 fully saturated rings. The highest BCUT2D eigenvalue weighted by Crippen LogP contribution is 2.49. The van der Waals surface area contributed by atoms with E-state index in [0.29, 0.717) is 51.3 Å². The zero-order chi connectivity index (χ0) is 36.8. The topological polar surface area (TPSA) is 102 Å². The van der Waals surface area contributed by atoms with Gasteiger partial charge in [0.05, 0.1) is 34.1 Å². The van der Waals surface area contributed by atoms with Crippen LogP contribution >= 0.6 is 11.6 Å². The molecule has 11 heteroatoms. The Hall–Kier alpha value is -2.79. The molecule has 1 unspecified atom stereocenters. The van der Waals surface area contributed by atoms with E-state index in [1.165, 1.54) is 11.1 Å². The first-order valence-corrected chi connectivity index (χ1v) is 21.7. The highest BCUT2D eigenvalue weighted by atomic mass is 35.5. The van der Waals surface area contributed by atoms with E-state index < -0.39 is 21.2 Å². The van der Waals surface area contributed by atoms with Gasteiger partial charge in [0.2, 0.25) is 5.91 Å². The molecule has 7 rings (SSSR count). The van der Waals surface area contributed by atoms with Crippen LogP contribution in [0.2, 0.25) is 5.02 Å². The second-order valence-electron chi connectivity index (χ2n) is 16.7. The van der Waals surface area contributed by atoms with E-state index >= 15 is 0 Å². The Morgan fingerprint density at radius 1 is 1.08 bits per heavy atom. The third-order valence-electron chi connectivity index (χ3n) is 13.2. The summed E-state index contributed by atoms with van der Waals surface area (Å²) in [5, 5.41) is 13.2. The van der Waals surface area contributed by atoms with Gasteiger partial charge in [-0.05, 0) is 130 Å². The number of aryl methyl sites for hydroxylation is 1. The minimum atomic E-state index is -2.99. The highest BCUT2D eigenvalue weighted by Gasteiger charge is 2.50. The van der Waals surface area contributed by atoms with Crippen LogP contribution in [-0.2, 0) is 26.3 Å². The standard InChI is InChI=1S/C41H57ClN4O5S/c1-5-18-44-19-20-45(38(47)24-44)26-41(49)17-6-8-28(2)29(3)52(4,50)43-39(48)31-11-15-37-36(22-31)46(23-32-10-13-35(32)41)25-40(27-51-37)16-7-9-30-21-33(42)12-14-34(30)40/h11-12,14-15,21-22,28-29,32,35,49H,4-10,13,16-20,23-27H2,1-3H3,(H,43,48,50)/t28-,29+,32-,35+,40-,41-,52?/m0/s1. The van der Waals surface area contributed by atoms with E-state index in [4.69, 9.17) is 16.3 Å². The fourth-order valence-corrected chi connectivity index (χ4v) is 11.5. The Bertz CT molecular complexity index is 1790.